The van der Waals surface area contributed by atoms with E-state index in [1.54, 1.807) is 0 Å². The molecule has 0 aromatic heterocycles. The van der Waals surface area contributed by atoms with E-state index in [1.165, 1.54) is 0 Å². The van der Waals surface area contributed by atoms with Crippen molar-refractivity contribution in [2.24, 2.45) is 5.73 Å². The fraction of sp³-hybridized carbons (Fsp3) is 1.00. The fourth-order valence-electron chi connectivity index (χ4n) is 0.898. The maximum atomic E-state index is 8.66. The van der Waals surface area contributed by atoms with Gasteiger partial charge in [-0.25, -0.2) is 0 Å². The molecule has 1 saturated heterocycles. The van der Waals surface area contributed by atoms with Gasteiger partial charge in [0.2, 0.25) is 0 Å². The predicted octanol–water partition coefficient (Wildman–Crippen LogP) is -0.909. The highest BCUT2D eigenvalue weighted by atomic mass is 35.5. The standard InChI is InChI=1S/C5H12N2O.ClH/c6-5(4-8)1-2-7-3-5;/h7-8H,1-4,6H2;1H. The number of hydrogen-bond donors (Lipinski definition) is 3. The monoisotopic (exact) mass is 152 g/mol. The van der Waals surface area contributed by atoms with Gasteiger partial charge < -0.3 is 16.2 Å². The molecule has 1 aliphatic rings. The molecule has 0 amide bonds. The van der Waals surface area contributed by atoms with E-state index in [0.717, 1.165) is 19.5 Å². The molecule has 0 aliphatic carbocycles. The van der Waals surface area contributed by atoms with Crippen molar-refractivity contribution in [2.75, 3.05) is 19.7 Å². The summed E-state index contributed by atoms with van der Waals surface area (Å²) in [5.74, 6) is 0. The zero-order chi connectivity index (χ0) is 6.04. The molecule has 3 nitrogen and oxygen atoms in total. The van der Waals surface area contributed by atoms with Crippen molar-refractivity contribution in [1.29, 1.82) is 0 Å². The van der Waals surface area contributed by atoms with Crippen LogP contribution in [0.2, 0.25) is 0 Å². The van der Waals surface area contributed by atoms with Gasteiger partial charge in [-0.2, -0.15) is 0 Å². The molecule has 0 aromatic carbocycles. The highest BCUT2D eigenvalue weighted by Crippen LogP contribution is 2.08. The van der Waals surface area contributed by atoms with Crippen molar-refractivity contribution in [2.45, 2.75) is 12.0 Å². The summed E-state index contributed by atoms with van der Waals surface area (Å²) in [7, 11) is 0. The molecule has 1 heterocycles. The smallest absolute Gasteiger partial charge is 0.0624 e. The third-order valence-electron chi connectivity index (χ3n) is 1.59. The predicted molar refractivity (Wildman–Crippen MR) is 38.7 cm³/mol. The second-order valence-corrected chi connectivity index (χ2v) is 2.45. The van der Waals surface area contributed by atoms with Gasteiger partial charge in [-0.15, -0.1) is 12.4 Å². The van der Waals surface area contributed by atoms with E-state index < -0.39 is 0 Å². The molecule has 1 unspecified atom stereocenters. The van der Waals surface area contributed by atoms with Crippen molar-refractivity contribution in [3.05, 3.63) is 0 Å². The number of aliphatic hydroxyl groups excluding tert-OH is 1. The van der Waals surface area contributed by atoms with E-state index in [1.807, 2.05) is 0 Å². The Kier molecular flexibility index (Phi) is 3.43. The minimum Gasteiger partial charge on any atom is -0.394 e. The summed E-state index contributed by atoms with van der Waals surface area (Å²) < 4.78 is 0. The maximum Gasteiger partial charge on any atom is 0.0624 e. The molecule has 4 heteroatoms. The highest BCUT2D eigenvalue weighted by Gasteiger charge is 2.27. The molecule has 1 rings (SSSR count). The first-order valence-electron chi connectivity index (χ1n) is 2.87. The largest absolute Gasteiger partial charge is 0.394 e. The van der Waals surface area contributed by atoms with Crippen LogP contribution in [0.25, 0.3) is 0 Å². The van der Waals surface area contributed by atoms with Gasteiger partial charge in [0, 0.05) is 6.54 Å². The molecule has 0 aromatic rings. The van der Waals surface area contributed by atoms with Gasteiger partial charge in [-0.1, -0.05) is 0 Å². The molecule has 1 atom stereocenters. The lowest BCUT2D eigenvalue weighted by Gasteiger charge is -2.17. The Labute approximate surface area is 61.0 Å². The van der Waals surface area contributed by atoms with E-state index >= 15 is 0 Å². The summed E-state index contributed by atoms with van der Waals surface area (Å²) in [6.45, 7) is 1.79. The van der Waals surface area contributed by atoms with Crippen LogP contribution in [0.5, 0.6) is 0 Å². The van der Waals surface area contributed by atoms with Crippen molar-refractivity contribution in [3.8, 4) is 0 Å². The number of rotatable bonds is 1. The van der Waals surface area contributed by atoms with E-state index in [0.29, 0.717) is 0 Å². The van der Waals surface area contributed by atoms with Crippen LogP contribution in [-0.2, 0) is 0 Å². The summed E-state index contributed by atoms with van der Waals surface area (Å²) in [4.78, 5) is 0. The van der Waals surface area contributed by atoms with Gasteiger partial charge in [0.25, 0.3) is 0 Å². The van der Waals surface area contributed by atoms with E-state index in [9.17, 15) is 0 Å². The third-order valence-corrected chi connectivity index (χ3v) is 1.59. The molecular weight excluding hydrogens is 140 g/mol. The Bertz CT molecular complexity index is 83.0. The van der Waals surface area contributed by atoms with Crippen molar-refractivity contribution in [3.63, 3.8) is 0 Å². The van der Waals surface area contributed by atoms with Gasteiger partial charge in [0.05, 0.1) is 12.1 Å². The SMILES string of the molecule is Cl.NC1(CO)CCNC1. The molecule has 0 saturated carbocycles. The zero-order valence-corrected chi connectivity index (χ0v) is 6.08. The molecule has 0 bridgehead atoms. The number of nitrogens with one attached hydrogen (secondary N) is 1. The first kappa shape index (κ1) is 9.17. The zero-order valence-electron chi connectivity index (χ0n) is 5.26. The second kappa shape index (κ2) is 3.37. The van der Waals surface area contributed by atoms with Crippen molar-refractivity contribution < 1.29 is 5.11 Å². The number of aliphatic hydroxyl groups is 1. The van der Waals surface area contributed by atoms with Crippen LogP contribution >= 0.6 is 12.4 Å². The summed E-state index contributed by atoms with van der Waals surface area (Å²) in [6.07, 6.45) is 0.892. The fourth-order valence-corrected chi connectivity index (χ4v) is 0.898. The summed E-state index contributed by atoms with van der Waals surface area (Å²) >= 11 is 0. The van der Waals surface area contributed by atoms with Crippen molar-refractivity contribution >= 4 is 12.4 Å². The Hall–Kier alpha value is 0.170. The Morgan fingerprint density at radius 2 is 2.33 bits per heavy atom. The first-order chi connectivity index (χ1) is 3.77. The maximum absolute atomic E-state index is 8.66. The van der Waals surface area contributed by atoms with Crippen LogP contribution in [0.4, 0.5) is 0 Å². The molecule has 56 valence electrons. The Morgan fingerprint density at radius 1 is 1.67 bits per heavy atom. The summed E-state index contributed by atoms with van der Waals surface area (Å²) in [5, 5.41) is 11.7. The van der Waals surface area contributed by atoms with Crippen LogP contribution in [0.3, 0.4) is 0 Å². The van der Waals surface area contributed by atoms with E-state index in [2.05, 4.69) is 5.32 Å². The molecule has 0 spiro atoms. The highest BCUT2D eigenvalue weighted by molar-refractivity contribution is 5.85. The van der Waals surface area contributed by atoms with Crippen LogP contribution in [0.1, 0.15) is 6.42 Å². The van der Waals surface area contributed by atoms with Gasteiger partial charge in [-0.3, -0.25) is 0 Å². The van der Waals surface area contributed by atoms with E-state index in [-0.39, 0.29) is 24.6 Å². The van der Waals surface area contributed by atoms with Gasteiger partial charge in [0.1, 0.15) is 0 Å². The summed E-state index contributed by atoms with van der Waals surface area (Å²) in [5.41, 5.74) is 5.33. The summed E-state index contributed by atoms with van der Waals surface area (Å²) in [6, 6.07) is 0. The topological polar surface area (TPSA) is 58.3 Å². The molecule has 9 heavy (non-hydrogen) atoms. The van der Waals surface area contributed by atoms with E-state index in [4.69, 9.17) is 10.8 Å². The van der Waals surface area contributed by atoms with Crippen molar-refractivity contribution in [1.82, 2.24) is 5.32 Å². The lowest BCUT2D eigenvalue weighted by molar-refractivity contribution is 0.209. The molecule has 4 N–H and O–H groups in total. The lowest BCUT2D eigenvalue weighted by atomic mass is 10.0. The lowest BCUT2D eigenvalue weighted by Crippen LogP contribution is -2.45. The number of nitrogens with two attached hydrogens (primary N) is 1. The number of hydrogen-bond acceptors (Lipinski definition) is 3. The van der Waals surface area contributed by atoms with Gasteiger partial charge in [0.15, 0.2) is 0 Å². The third kappa shape index (κ3) is 2.10. The normalized spacial score (nSPS) is 34.0. The van der Waals surface area contributed by atoms with Crippen LogP contribution in [0.15, 0.2) is 0 Å². The molecule has 1 aliphatic heterocycles. The molecular formula is C5H13ClN2O. The number of halogens is 1. The Morgan fingerprint density at radius 3 is 2.56 bits per heavy atom. The molecule has 1 fully saturated rings. The first-order valence-corrected chi connectivity index (χ1v) is 2.87. The average molecular weight is 153 g/mol. The molecule has 0 radical (unpaired) electrons. The Balaban J connectivity index is 0.000000640. The van der Waals surface area contributed by atoms with Crippen LogP contribution in [-0.4, -0.2) is 30.3 Å². The minimum atomic E-state index is -0.319. The minimum absolute atomic E-state index is 0. The second-order valence-electron chi connectivity index (χ2n) is 2.45. The van der Waals surface area contributed by atoms with Gasteiger partial charge >= 0.3 is 0 Å². The van der Waals surface area contributed by atoms with Crippen LogP contribution < -0.4 is 11.1 Å². The van der Waals surface area contributed by atoms with Crippen LogP contribution in [0, 0.1) is 0 Å². The quantitative estimate of drug-likeness (QED) is 0.456. The average Bonchev–Trinajstić information content (AvgIpc) is 2.17. The van der Waals surface area contributed by atoms with Gasteiger partial charge in [-0.05, 0) is 13.0 Å².